The molecule has 0 aliphatic heterocycles. The summed E-state index contributed by atoms with van der Waals surface area (Å²) in [6.45, 7) is 2.36. The molecular formula is C13H23NS. The third-order valence-electron chi connectivity index (χ3n) is 5.09. The van der Waals surface area contributed by atoms with Crippen LogP contribution in [0.2, 0.25) is 0 Å². The lowest BCUT2D eigenvalue weighted by Gasteiger charge is -2.54. The normalized spacial score (nSPS) is 47.4. The van der Waals surface area contributed by atoms with Crippen molar-refractivity contribution < 1.29 is 0 Å². The number of thiol groups is 1. The van der Waals surface area contributed by atoms with Crippen molar-refractivity contribution in [2.75, 3.05) is 18.8 Å². The molecular weight excluding hydrogens is 202 g/mol. The van der Waals surface area contributed by atoms with E-state index in [0.717, 1.165) is 41.9 Å². The van der Waals surface area contributed by atoms with E-state index in [-0.39, 0.29) is 0 Å². The van der Waals surface area contributed by atoms with Crippen LogP contribution in [0.1, 0.15) is 32.1 Å². The first-order chi connectivity index (χ1) is 7.36. The summed E-state index contributed by atoms with van der Waals surface area (Å²) in [7, 11) is 0. The summed E-state index contributed by atoms with van der Waals surface area (Å²) in [4.78, 5) is 0. The number of hydrogen-bond acceptors (Lipinski definition) is 2. The van der Waals surface area contributed by atoms with Crippen molar-refractivity contribution in [2.45, 2.75) is 32.1 Å². The lowest BCUT2D eigenvalue weighted by Crippen LogP contribution is -2.48. The molecule has 1 N–H and O–H groups in total. The average molecular weight is 225 g/mol. The molecule has 4 aliphatic carbocycles. The Hall–Kier alpha value is 0.310. The fraction of sp³-hybridized carbons (Fsp3) is 1.00. The maximum Gasteiger partial charge on any atom is 0.00398 e. The fourth-order valence-corrected chi connectivity index (χ4v) is 4.88. The lowest BCUT2D eigenvalue weighted by atomic mass is 9.52. The van der Waals surface area contributed by atoms with Crippen molar-refractivity contribution in [1.29, 1.82) is 0 Å². The average Bonchev–Trinajstić information content (AvgIpc) is 2.21. The smallest absolute Gasteiger partial charge is 0.00398 e. The molecule has 15 heavy (non-hydrogen) atoms. The Labute approximate surface area is 98.8 Å². The molecule has 2 heteroatoms. The molecule has 1 nitrogen and oxygen atoms in total. The summed E-state index contributed by atoms with van der Waals surface area (Å²) < 4.78 is 0. The van der Waals surface area contributed by atoms with Crippen LogP contribution in [0.25, 0.3) is 0 Å². The minimum absolute atomic E-state index is 0.979. The van der Waals surface area contributed by atoms with Crippen LogP contribution < -0.4 is 5.32 Å². The van der Waals surface area contributed by atoms with E-state index in [1.54, 1.807) is 32.1 Å². The van der Waals surface area contributed by atoms with Crippen LogP contribution in [0, 0.1) is 29.6 Å². The molecule has 0 aromatic carbocycles. The monoisotopic (exact) mass is 225 g/mol. The van der Waals surface area contributed by atoms with Gasteiger partial charge in [0.25, 0.3) is 0 Å². The molecule has 4 rings (SSSR count). The Bertz CT molecular complexity index is 201. The first-order valence-corrected chi connectivity index (χ1v) is 7.31. The van der Waals surface area contributed by atoms with Gasteiger partial charge < -0.3 is 5.32 Å². The molecule has 86 valence electrons. The summed E-state index contributed by atoms with van der Waals surface area (Å²) in [5, 5.41) is 3.59. The van der Waals surface area contributed by atoms with E-state index < -0.39 is 0 Å². The van der Waals surface area contributed by atoms with Gasteiger partial charge in [-0.15, -0.1) is 0 Å². The van der Waals surface area contributed by atoms with Crippen LogP contribution in [-0.4, -0.2) is 18.8 Å². The topological polar surface area (TPSA) is 12.0 Å². The minimum atomic E-state index is 0.979. The quantitative estimate of drug-likeness (QED) is 0.553. The van der Waals surface area contributed by atoms with Gasteiger partial charge in [-0.1, -0.05) is 0 Å². The van der Waals surface area contributed by atoms with Crippen LogP contribution in [0.15, 0.2) is 0 Å². The number of hydrogen-bond donors (Lipinski definition) is 2. The van der Waals surface area contributed by atoms with Crippen LogP contribution in [0.4, 0.5) is 0 Å². The largest absolute Gasteiger partial charge is 0.316 e. The van der Waals surface area contributed by atoms with E-state index in [2.05, 4.69) is 17.9 Å². The van der Waals surface area contributed by atoms with E-state index in [0.29, 0.717) is 0 Å². The molecule has 0 heterocycles. The molecule has 0 aromatic heterocycles. The second-order valence-corrected chi connectivity index (χ2v) is 6.47. The molecule has 0 spiro atoms. The Morgan fingerprint density at radius 1 is 0.933 bits per heavy atom. The first kappa shape index (κ1) is 10.5. The minimum Gasteiger partial charge on any atom is -0.316 e. The zero-order valence-corrected chi connectivity index (χ0v) is 10.4. The van der Waals surface area contributed by atoms with Crippen molar-refractivity contribution in [3.8, 4) is 0 Å². The van der Waals surface area contributed by atoms with Gasteiger partial charge in [0.2, 0.25) is 0 Å². The third kappa shape index (κ3) is 1.95. The number of rotatable bonds is 4. The SMILES string of the molecule is SCCNCC1C2CC3CC(C2)CC1C3. The second-order valence-electron chi connectivity index (χ2n) is 6.02. The summed E-state index contributed by atoms with van der Waals surface area (Å²) in [6, 6.07) is 0. The predicted octanol–water partition coefficient (Wildman–Crippen LogP) is 2.58. The zero-order chi connectivity index (χ0) is 10.3. The van der Waals surface area contributed by atoms with Crippen LogP contribution in [0.5, 0.6) is 0 Å². The molecule has 0 aromatic rings. The Kier molecular flexibility index (Phi) is 2.99. The molecule has 0 atom stereocenters. The molecule has 4 bridgehead atoms. The molecule has 0 radical (unpaired) electrons. The highest BCUT2D eigenvalue weighted by Crippen LogP contribution is 2.56. The van der Waals surface area contributed by atoms with Gasteiger partial charge in [-0.2, -0.15) is 12.6 Å². The van der Waals surface area contributed by atoms with Crippen molar-refractivity contribution in [3.63, 3.8) is 0 Å². The van der Waals surface area contributed by atoms with E-state index in [4.69, 9.17) is 0 Å². The maximum absolute atomic E-state index is 4.26. The van der Waals surface area contributed by atoms with Gasteiger partial charge in [0.05, 0.1) is 0 Å². The molecule has 4 fully saturated rings. The summed E-state index contributed by atoms with van der Waals surface area (Å²) in [6.07, 6.45) is 7.80. The van der Waals surface area contributed by atoms with E-state index in [9.17, 15) is 0 Å². The highest BCUT2D eigenvalue weighted by Gasteiger charge is 2.47. The van der Waals surface area contributed by atoms with Gasteiger partial charge in [0, 0.05) is 12.3 Å². The molecule has 0 unspecified atom stereocenters. The van der Waals surface area contributed by atoms with Crippen molar-refractivity contribution in [1.82, 2.24) is 5.32 Å². The highest BCUT2D eigenvalue weighted by atomic mass is 32.1. The maximum atomic E-state index is 4.26. The van der Waals surface area contributed by atoms with E-state index >= 15 is 0 Å². The summed E-state index contributed by atoms with van der Waals surface area (Å²) >= 11 is 4.26. The van der Waals surface area contributed by atoms with Gasteiger partial charge in [0.1, 0.15) is 0 Å². The van der Waals surface area contributed by atoms with Crippen molar-refractivity contribution in [2.24, 2.45) is 29.6 Å². The fourth-order valence-electron chi connectivity index (χ4n) is 4.72. The Morgan fingerprint density at radius 2 is 1.53 bits per heavy atom. The molecule has 4 aliphatic rings. The second kappa shape index (κ2) is 4.29. The zero-order valence-electron chi connectivity index (χ0n) is 9.49. The van der Waals surface area contributed by atoms with Crippen LogP contribution in [-0.2, 0) is 0 Å². The van der Waals surface area contributed by atoms with Gasteiger partial charge in [-0.05, 0) is 68.2 Å². The Balaban J connectivity index is 1.60. The van der Waals surface area contributed by atoms with Gasteiger partial charge in [-0.3, -0.25) is 0 Å². The lowest BCUT2D eigenvalue weighted by molar-refractivity contribution is -0.0352. The van der Waals surface area contributed by atoms with Crippen molar-refractivity contribution >= 4 is 12.6 Å². The molecule has 0 amide bonds. The van der Waals surface area contributed by atoms with Gasteiger partial charge in [0.15, 0.2) is 0 Å². The van der Waals surface area contributed by atoms with Gasteiger partial charge >= 0.3 is 0 Å². The van der Waals surface area contributed by atoms with Crippen LogP contribution in [0.3, 0.4) is 0 Å². The predicted molar refractivity (Wildman–Crippen MR) is 67.3 cm³/mol. The number of nitrogens with one attached hydrogen (secondary N) is 1. The highest BCUT2D eigenvalue weighted by molar-refractivity contribution is 7.80. The molecule has 0 saturated heterocycles. The summed E-state index contributed by atoms with van der Waals surface area (Å²) in [5.41, 5.74) is 0. The van der Waals surface area contributed by atoms with Crippen molar-refractivity contribution in [3.05, 3.63) is 0 Å². The molecule has 4 saturated carbocycles. The van der Waals surface area contributed by atoms with Crippen LogP contribution >= 0.6 is 12.6 Å². The first-order valence-electron chi connectivity index (χ1n) is 6.68. The standard InChI is InChI=1S/C13H23NS/c15-2-1-14-8-13-11-4-9-3-10(6-11)7-12(13)5-9/h9-15H,1-8H2. The third-order valence-corrected chi connectivity index (χ3v) is 5.31. The van der Waals surface area contributed by atoms with E-state index in [1.807, 2.05) is 0 Å². The Morgan fingerprint density at radius 3 is 2.07 bits per heavy atom. The summed E-state index contributed by atoms with van der Waals surface area (Å²) in [5.74, 6) is 6.38. The van der Waals surface area contributed by atoms with Gasteiger partial charge in [-0.25, -0.2) is 0 Å². The van der Waals surface area contributed by atoms with E-state index in [1.165, 1.54) is 6.54 Å².